The summed E-state index contributed by atoms with van der Waals surface area (Å²) in [5, 5.41) is 0. The summed E-state index contributed by atoms with van der Waals surface area (Å²) in [5.74, 6) is 0. The molecule has 0 N–H and O–H groups in total. The van der Waals surface area contributed by atoms with E-state index in [0.29, 0.717) is 7.92 Å². The summed E-state index contributed by atoms with van der Waals surface area (Å²) < 4.78 is 0. The van der Waals surface area contributed by atoms with E-state index in [1.54, 1.807) is 18.5 Å². The molecule has 0 aliphatic carbocycles. The molecule has 0 aromatic heterocycles. The van der Waals surface area contributed by atoms with Crippen molar-refractivity contribution in [3.63, 3.8) is 0 Å². The summed E-state index contributed by atoms with van der Waals surface area (Å²) in [6, 6.07) is 0. The minimum Gasteiger partial charge on any atom is -0.107 e. The van der Waals surface area contributed by atoms with Crippen LogP contribution in [0.15, 0.2) is 0 Å². The Bertz CT molecular complexity index is 194. The van der Waals surface area contributed by atoms with Gasteiger partial charge in [0.15, 0.2) is 0 Å². The van der Waals surface area contributed by atoms with Gasteiger partial charge < -0.3 is 0 Å². The van der Waals surface area contributed by atoms with Crippen LogP contribution in [-0.2, 0) is 0 Å². The van der Waals surface area contributed by atoms with E-state index in [0.717, 1.165) is 0 Å². The first-order valence-corrected chi connectivity index (χ1v) is 14.0. The summed E-state index contributed by atoms with van der Waals surface area (Å²) in [7, 11) is 0.366. The molecule has 0 saturated heterocycles. The molecule has 0 heterocycles. The first-order chi connectivity index (χ1) is 12.3. The SMILES string of the molecule is CCCCCCCCP(CCCCCCCC)CCCCCCCC.[Nd]. The molecule has 0 fully saturated rings. The van der Waals surface area contributed by atoms with E-state index >= 15 is 0 Å². The van der Waals surface area contributed by atoms with Gasteiger partial charge in [-0.2, -0.15) is 0 Å². The van der Waals surface area contributed by atoms with Gasteiger partial charge in [-0.15, -0.1) is 7.92 Å². The first kappa shape index (κ1) is 30.0. The van der Waals surface area contributed by atoms with E-state index in [-0.39, 0.29) is 40.8 Å². The van der Waals surface area contributed by atoms with Crippen molar-refractivity contribution < 1.29 is 40.8 Å². The molecule has 0 aliphatic heterocycles. The second-order valence-electron chi connectivity index (χ2n) is 8.14. The van der Waals surface area contributed by atoms with Crippen molar-refractivity contribution in [2.75, 3.05) is 18.5 Å². The molecule has 0 spiro atoms. The van der Waals surface area contributed by atoms with Gasteiger partial charge in [-0.05, 0) is 37.7 Å². The van der Waals surface area contributed by atoms with Crippen LogP contribution in [0.3, 0.4) is 0 Å². The molecule has 0 aromatic rings. The van der Waals surface area contributed by atoms with Crippen molar-refractivity contribution in [2.24, 2.45) is 0 Å². The molecule has 26 heavy (non-hydrogen) atoms. The fourth-order valence-electron chi connectivity index (χ4n) is 3.68. The van der Waals surface area contributed by atoms with Gasteiger partial charge in [0.1, 0.15) is 0 Å². The van der Waals surface area contributed by atoms with Crippen molar-refractivity contribution in [1.29, 1.82) is 0 Å². The van der Waals surface area contributed by atoms with Crippen LogP contribution in [0.2, 0.25) is 0 Å². The zero-order chi connectivity index (χ0) is 18.4. The molecule has 0 amide bonds. The van der Waals surface area contributed by atoms with Crippen molar-refractivity contribution in [3.05, 3.63) is 0 Å². The second-order valence-corrected chi connectivity index (χ2v) is 10.8. The summed E-state index contributed by atoms with van der Waals surface area (Å²) in [5.41, 5.74) is 0. The van der Waals surface area contributed by atoms with Crippen molar-refractivity contribution >= 4 is 7.92 Å². The van der Waals surface area contributed by atoms with Crippen LogP contribution in [0.4, 0.5) is 0 Å². The largest absolute Gasteiger partial charge is 0.107 e. The maximum atomic E-state index is 2.32. The Morgan fingerprint density at radius 1 is 0.346 bits per heavy atom. The normalized spacial score (nSPS) is 11.1. The van der Waals surface area contributed by atoms with Gasteiger partial charge in [0.05, 0.1) is 0 Å². The zero-order valence-corrected chi connectivity index (χ0v) is 22.9. The minimum atomic E-state index is 0. The van der Waals surface area contributed by atoms with Gasteiger partial charge in [0.2, 0.25) is 0 Å². The molecule has 0 radical (unpaired) electrons. The fourth-order valence-corrected chi connectivity index (χ4v) is 6.37. The molecule has 0 aliphatic rings. The van der Waals surface area contributed by atoms with E-state index < -0.39 is 0 Å². The van der Waals surface area contributed by atoms with Gasteiger partial charge in [-0.1, -0.05) is 117 Å². The Morgan fingerprint density at radius 2 is 0.577 bits per heavy atom. The summed E-state index contributed by atoms with van der Waals surface area (Å²) in [6.45, 7) is 6.96. The van der Waals surface area contributed by atoms with Gasteiger partial charge in [0.25, 0.3) is 0 Å². The van der Waals surface area contributed by atoms with Gasteiger partial charge >= 0.3 is 0 Å². The maximum Gasteiger partial charge on any atom is 0 e. The molecule has 0 unspecified atom stereocenters. The standard InChI is InChI=1S/C24H51P.Nd/c1-4-7-10-13-16-19-22-25(23-20-17-14-11-8-5-2)24-21-18-15-12-9-6-3;/h4-24H2,1-3H3;. The third-order valence-corrected chi connectivity index (χ3v) is 8.33. The molecule has 0 aromatic carbocycles. The maximum absolute atomic E-state index is 2.32. The van der Waals surface area contributed by atoms with Crippen molar-refractivity contribution in [2.45, 2.75) is 136 Å². The Labute approximate surface area is 202 Å². The molecule has 0 atom stereocenters. The molecule has 2 heteroatoms. The average molecular weight is 515 g/mol. The van der Waals surface area contributed by atoms with Crippen LogP contribution in [0.1, 0.15) is 136 Å². The van der Waals surface area contributed by atoms with Gasteiger partial charge in [0, 0.05) is 40.8 Å². The van der Waals surface area contributed by atoms with E-state index in [1.807, 2.05) is 0 Å². The topological polar surface area (TPSA) is 0 Å². The summed E-state index contributed by atoms with van der Waals surface area (Å²) in [4.78, 5) is 0. The molecule has 0 saturated carbocycles. The third kappa shape index (κ3) is 23.8. The van der Waals surface area contributed by atoms with Crippen molar-refractivity contribution in [3.8, 4) is 0 Å². The van der Waals surface area contributed by atoms with Gasteiger partial charge in [-0.25, -0.2) is 0 Å². The zero-order valence-electron chi connectivity index (χ0n) is 18.8. The minimum absolute atomic E-state index is 0. The third-order valence-electron chi connectivity index (χ3n) is 5.48. The Balaban J connectivity index is 0. The van der Waals surface area contributed by atoms with E-state index in [4.69, 9.17) is 0 Å². The molecule has 0 nitrogen and oxygen atoms in total. The molecule has 0 bridgehead atoms. The van der Waals surface area contributed by atoms with Crippen molar-refractivity contribution in [1.82, 2.24) is 0 Å². The van der Waals surface area contributed by atoms with Crippen LogP contribution >= 0.6 is 7.92 Å². The molecule has 0 rings (SSSR count). The van der Waals surface area contributed by atoms with Crippen LogP contribution in [0.25, 0.3) is 0 Å². The number of hydrogen-bond donors (Lipinski definition) is 0. The Hall–Kier alpha value is 1.78. The summed E-state index contributed by atoms with van der Waals surface area (Å²) in [6.07, 6.45) is 31.2. The first-order valence-electron chi connectivity index (χ1n) is 12.1. The predicted molar refractivity (Wildman–Crippen MR) is 122 cm³/mol. The van der Waals surface area contributed by atoms with E-state index in [2.05, 4.69) is 20.8 Å². The Kier molecular flexibility index (Phi) is 30.9. The van der Waals surface area contributed by atoms with Crippen LogP contribution in [-0.4, -0.2) is 18.5 Å². The van der Waals surface area contributed by atoms with E-state index in [9.17, 15) is 0 Å². The monoisotopic (exact) mass is 512 g/mol. The quantitative estimate of drug-likeness (QED) is 0.106. The second kappa shape index (κ2) is 26.8. The molecule has 156 valence electrons. The molecular formula is C24H51NdP. The predicted octanol–water partition coefficient (Wildman–Crippen LogP) is 9.55. The number of rotatable bonds is 21. The Morgan fingerprint density at radius 3 is 0.846 bits per heavy atom. The fraction of sp³-hybridized carbons (Fsp3) is 1.00. The van der Waals surface area contributed by atoms with Gasteiger partial charge in [-0.3, -0.25) is 0 Å². The molecular weight excluding hydrogens is 463 g/mol. The van der Waals surface area contributed by atoms with Crippen LogP contribution in [0, 0.1) is 40.8 Å². The van der Waals surface area contributed by atoms with Crippen LogP contribution < -0.4 is 0 Å². The van der Waals surface area contributed by atoms with E-state index in [1.165, 1.54) is 116 Å². The average Bonchev–Trinajstić information content (AvgIpc) is 2.63. The van der Waals surface area contributed by atoms with Crippen LogP contribution in [0.5, 0.6) is 0 Å². The number of hydrogen-bond acceptors (Lipinski definition) is 0. The smallest absolute Gasteiger partial charge is 0 e. The number of unbranched alkanes of at least 4 members (excludes halogenated alkanes) is 15. The summed E-state index contributed by atoms with van der Waals surface area (Å²) >= 11 is 0.